The molecule has 0 bridgehead atoms. The second kappa shape index (κ2) is 8.48. The van der Waals surface area contributed by atoms with Crippen molar-refractivity contribution in [3.05, 3.63) is 89.4 Å². The van der Waals surface area contributed by atoms with Crippen LogP contribution in [0.25, 0.3) is 33.1 Å². The van der Waals surface area contributed by atoms with Crippen LogP contribution in [0.1, 0.15) is 22.3 Å². The van der Waals surface area contributed by atoms with Gasteiger partial charge in [0.25, 0.3) is 0 Å². The molecule has 0 aliphatic heterocycles. The van der Waals surface area contributed by atoms with Gasteiger partial charge in [-0.25, -0.2) is 0 Å². The van der Waals surface area contributed by atoms with Crippen molar-refractivity contribution in [1.82, 2.24) is 0 Å². The summed E-state index contributed by atoms with van der Waals surface area (Å²) < 4.78 is 17.8. The molecule has 0 spiro atoms. The summed E-state index contributed by atoms with van der Waals surface area (Å²) in [5.74, 6) is -0.337. The average molecular weight is 441 g/mol. The van der Waals surface area contributed by atoms with Crippen molar-refractivity contribution >= 4 is 27.9 Å². The predicted octanol–water partition coefficient (Wildman–Crippen LogP) is 5.82. The van der Waals surface area contributed by atoms with E-state index in [1.165, 1.54) is 0 Å². The second-order valence-corrected chi connectivity index (χ2v) is 8.10. The van der Waals surface area contributed by atoms with Gasteiger partial charge in [0.05, 0.1) is 24.3 Å². The summed E-state index contributed by atoms with van der Waals surface area (Å²) in [4.78, 5) is 11.2. The van der Waals surface area contributed by atoms with Crippen LogP contribution >= 0.6 is 0 Å². The van der Waals surface area contributed by atoms with Crippen LogP contribution in [0.3, 0.4) is 0 Å². The number of fused-ring (bicyclic) bond motifs is 3. The number of hydrogen-bond donors (Lipinski definition) is 2. The number of carboxylic acids is 1. The van der Waals surface area contributed by atoms with Crippen molar-refractivity contribution in [2.75, 3.05) is 0 Å². The number of carbonyl (C=O) groups is 1. The van der Waals surface area contributed by atoms with Gasteiger partial charge in [0, 0.05) is 28.6 Å². The number of furan rings is 2. The number of nitrogens with two attached hydrogens (primary N) is 1. The first kappa shape index (κ1) is 20.8. The van der Waals surface area contributed by atoms with E-state index in [-0.39, 0.29) is 13.0 Å². The number of rotatable bonds is 7. The van der Waals surface area contributed by atoms with E-state index < -0.39 is 5.97 Å². The van der Waals surface area contributed by atoms with E-state index >= 15 is 0 Å². The molecule has 3 N–H and O–H groups in total. The van der Waals surface area contributed by atoms with Crippen LogP contribution in [0.15, 0.2) is 76.0 Å². The molecule has 166 valence electrons. The van der Waals surface area contributed by atoms with Gasteiger partial charge in [-0.2, -0.15) is 0 Å². The first-order valence-corrected chi connectivity index (χ1v) is 10.7. The van der Waals surface area contributed by atoms with Gasteiger partial charge in [-0.05, 0) is 47.9 Å². The number of hydrogen-bond acceptors (Lipinski definition) is 5. The van der Waals surface area contributed by atoms with E-state index in [2.05, 4.69) is 6.07 Å². The monoisotopic (exact) mass is 441 g/mol. The normalized spacial score (nSPS) is 11.3. The molecule has 0 saturated carbocycles. The molecule has 6 nitrogen and oxygen atoms in total. The van der Waals surface area contributed by atoms with Crippen LogP contribution in [-0.2, 0) is 24.4 Å². The topological polar surface area (TPSA) is 98.8 Å². The lowest BCUT2D eigenvalue weighted by atomic mass is 9.98. The van der Waals surface area contributed by atoms with Crippen molar-refractivity contribution in [2.24, 2.45) is 5.73 Å². The highest BCUT2D eigenvalue weighted by molar-refractivity contribution is 6.10. The molecule has 2 heterocycles. The lowest BCUT2D eigenvalue weighted by Crippen LogP contribution is -2.04. The average Bonchev–Trinajstić information content (AvgIpc) is 3.45. The molecule has 5 aromatic rings. The summed E-state index contributed by atoms with van der Waals surface area (Å²) in [6, 6.07) is 17.6. The van der Waals surface area contributed by atoms with Gasteiger partial charge in [0.15, 0.2) is 0 Å². The number of aryl methyl sites for hydroxylation is 1. The van der Waals surface area contributed by atoms with E-state index in [9.17, 15) is 9.90 Å². The number of ether oxygens (including phenoxy) is 1. The summed E-state index contributed by atoms with van der Waals surface area (Å²) in [5.41, 5.74) is 12.8. The highest BCUT2D eigenvalue weighted by Gasteiger charge is 2.18. The van der Waals surface area contributed by atoms with Crippen LogP contribution in [0.5, 0.6) is 5.75 Å². The zero-order chi connectivity index (χ0) is 22.9. The fourth-order valence-corrected chi connectivity index (χ4v) is 4.13. The van der Waals surface area contributed by atoms with Crippen molar-refractivity contribution < 1.29 is 23.5 Å². The summed E-state index contributed by atoms with van der Waals surface area (Å²) in [5, 5.41) is 11.0. The van der Waals surface area contributed by atoms with E-state index in [1.54, 1.807) is 18.6 Å². The Bertz CT molecular complexity index is 1480. The molecule has 6 heteroatoms. The van der Waals surface area contributed by atoms with Gasteiger partial charge in [-0.3, -0.25) is 4.79 Å². The fourth-order valence-electron chi connectivity index (χ4n) is 4.13. The maximum absolute atomic E-state index is 11.2. The molecule has 2 aromatic heterocycles. The minimum Gasteiger partial charge on any atom is -0.488 e. The zero-order valence-electron chi connectivity index (χ0n) is 18.1. The van der Waals surface area contributed by atoms with Crippen LogP contribution in [0.4, 0.5) is 0 Å². The molecule has 0 saturated heterocycles. The van der Waals surface area contributed by atoms with Gasteiger partial charge in [-0.1, -0.05) is 30.3 Å². The third kappa shape index (κ3) is 3.97. The number of benzene rings is 3. The molecule has 33 heavy (non-hydrogen) atoms. The van der Waals surface area contributed by atoms with E-state index in [0.717, 1.165) is 49.8 Å². The maximum Gasteiger partial charge on any atom is 0.307 e. The molecular formula is C27H23NO5. The molecule has 0 unspecified atom stereocenters. The molecule has 0 aliphatic rings. The maximum atomic E-state index is 11.2. The molecule has 0 amide bonds. The molecule has 3 aromatic carbocycles. The van der Waals surface area contributed by atoms with Crippen LogP contribution < -0.4 is 10.5 Å². The Balaban J connectivity index is 1.56. The minimum atomic E-state index is -0.899. The Morgan fingerprint density at radius 2 is 1.88 bits per heavy atom. The van der Waals surface area contributed by atoms with E-state index in [4.69, 9.17) is 19.3 Å². The van der Waals surface area contributed by atoms with Crippen LogP contribution in [0, 0.1) is 6.92 Å². The van der Waals surface area contributed by atoms with E-state index in [1.807, 2.05) is 49.4 Å². The van der Waals surface area contributed by atoms with Gasteiger partial charge in [-0.15, -0.1) is 0 Å². The molecule has 0 aliphatic carbocycles. The Morgan fingerprint density at radius 1 is 1.00 bits per heavy atom. The Hall–Kier alpha value is -4.03. The molecule has 0 radical (unpaired) electrons. The summed E-state index contributed by atoms with van der Waals surface area (Å²) in [6.45, 7) is 2.65. The minimum absolute atomic E-state index is 0.0982. The number of carboxylic acid groups (broad SMARTS) is 1. The third-order valence-corrected chi connectivity index (χ3v) is 5.77. The molecule has 5 rings (SSSR count). The molecule has 0 fully saturated rings. The van der Waals surface area contributed by atoms with Crippen molar-refractivity contribution in [2.45, 2.75) is 26.5 Å². The van der Waals surface area contributed by atoms with Gasteiger partial charge in [0.2, 0.25) is 0 Å². The smallest absolute Gasteiger partial charge is 0.307 e. The van der Waals surface area contributed by atoms with Crippen molar-refractivity contribution in [1.29, 1.82) is 0 Å². The SMILES string of the molecule is Cc1ccc(CC(=O)O)c(OCc2coc3c2cc(-c2cccc(CN)c2)c2occc23)c1. The first-order chi connectivity index (χ1) is 16.0. The summed E-state index contributed by atoms with van der Waals surface area (Å²) >= 11 is 0. The van der Waals surface area contributed by atoms with Gasteiger partial charge in [0.1, 0.15) is 23.5 Å². The third-order valence-electron chi connectivity index (χ3n) is 5.77. The lowest BCUT2D eigenvalue weighted by molar-refractivity contribution is -0.136. The number of aliphatic carboxylic acids is 1. The Labute approximate surface area is 190 Å². The Morgan fingerprint density at radius 3 is 2.70 bits per heavy atom. The van der Waals surface area contributed by atoms with Crippen molar-refractivity contribution in [3.8, 4) is 16.9 Å². The predicted molar refractivity (Wildman–Crippen MR) is 126 cm³/mol. The molecular weight excluding hydrogens is 418 g/mol. The van der Waals surface area contributed by atoms with Crippen LogP contribution in [-0.4, -0.2) is 11.1 Å². The molecule has 0 atom stereocenters. The highest BCUT2D eigenvalue weighted by Crippen LogP contribution is 2.38. The van der Waals surface area contributed by atoms with Gasteiger partial charge < -0.3 is 24.4 Å². The first-order valence-electron chi connectivity index (χ1n) is 10.7. The van der Waals surface area contributed by atoms with Gasteiger partial charge >= 0.3 is 5.97 Å². The zero-order valence-corrected chi connectivity index (χ0v) is 18.1. The lowest BCUT2D eigenvalue weighted by Gasteiger charge is -2.11. The Kier molecular flexibility index (Phi) is 5.36. The largest absolute Gasteiger partial charge is 0.488 e. The van der Waals surface area contributed by atoms with E-state index in [0.29, 0.717) is 17.9 Å². The summed E-state index contributed by atoms with van der Waals surface area (Å²) in [7, 11) is 0. The van der Waals surface area contributed by atoms with Crippen LogP contribution in [0.2, 0.25) is 0 Å². The summed E-state index contributed by atoms with van der Waals surface area (Å²) in [6.07, 6.45) is 3.24. The quantitative estimate of drug-likeness (QED) is 0.330. The standard InChI is InChI=1S/C27H23NO5/c1-16-5-6-19(11-25(29)30)24(9-16)32-14-20-15-33-27-21-7-8-31-26(21)22(12-23(20)27)18-4-2-3-17(10-18)13-28/h2-10,12,15H,11,13-14,28H2,1H3,(H,29,30). The van der Waals surface area contributed by atoms with Crippen molar-refractivity contribution in [3.63, 3.8) is 0 Å². The highest BCUT2D eigenvalue weighted by atomic mass is 16.5. The second-order valence-electron chi connectivity index (χ2n) is 8.10. The fraction of sp³-hybridized carbons (Fsp3) is 0.148.